The van der Waals surface area contributed by atoms with Crippen LogP contribution in [-0.2, 0) is 10.8 Å². The van der Waals surface area contributed by atoms with Gasteiger partial charge in [0.15, 0.2) is 0 Å². The van der Waals surface area contributed by atoms with Crippen LogP contribution in [0.2, 0.25) is 0 Å². The highest BCUT2D eigenvalue weighted by atomic mass is 32.2. The van der Waals surface area contributed by atoms with Crippen LogP contribution in [0.25, 0.3) is 0 Å². The molecular formula is C14H30N2OS. The predicted molar refractivity (Wildman–Crippen MR) is 80.5 cm³/mol. The lowest BCUT2D eigenvalue weighted by Gasteiger charge is -2.47. The van der Waals surface area contributed by atoms with Crippen molar-refractivity contribution < 1.29 is 4.21 Å². The molecule has 0 radical (unpaired) electrons. The van der Waals surface area contributed by atoms with Crippen molar-refractivity contribution in [2.45, 2.75) is 58.0 Å². The molecule has 0 aliphatic carbocycles. The molecule has 0 aromatic carbocycles. The van der Waals surface area contributed by atoms with Gasteiger partial charge in [-0.3, -0.25) is 9.11 Å². The molecule has 1 saturated heterocycles. The van der Waals surface area contributed by atoms with Crippen molar-refractivity contribution in [1.82, 2.24) is 10.2 Å². The SMILES string of the molecule is CCC1CNC(CC)(CC)CN1CCCS(C)=O. The largest absolute Gasteiger partial charge is 0.308 e. The van der Waals surface area contributed by atoms with Gasteiger partial charge in [0, 0.05) is 47.5 Å². The predicted octanol–water partition coefficient (Wildman–Crippen LogP) is 2.00. The summed E-state index contributed by atoms with van der Waals surface area (Å²) in [5.74, 6) is 0.839. The van der Waals surface area contributed by atoms with E-state index in [0.29, 0.717) is 11.6 Å². The van der Waals surface area contributed by atoms with Gasteiger partial charge < -0.3 is 5.32 Å². The van der Waals surface area contributed by atoms with Crippen molar-refractivity contribution in [3.05, 3.63) is 0 Å². The van der Waals surface area contributed by atoms with Gasteiger partial charge in [-0.2, -0.15) is 0 Å². The van der Waals surface area contributed by atoms with Gasteiger partial charge in [-0.15, -0.1) is 0 Å². The van der Waals surface area contributed by atoms with Gasteiger partial charge >= 0.3 is 0 Å². The van der Waals surface area contributed by atoms with Gasteiger partial charge in [-0.25, -0.2) is 0 Å². The van der Waals surface area contributed by atoms with Crippen molar-refractivity contribution in [2.75, 3.05) is 31.6 Å². The zero-order chi connectivity index (χ0) is 13.6. The molecule has 0 aromatic heterocycles. The molecule has 2 atom stereocenters. The summed E-state index contributed by atoms with van der Waals surface area (Å²) in [5.41, 5.74) is 0.303. The Labute approximate surface area is 115 Å². The van der Waals surface area contributed by atoms with E-state index in [1.54, 1.807) is 6.26 Å². The number of rotatable bonds is 7. The van der Waals surface area contributed by atoms with Crippen LogP contribution in [0.5, 0.6) is 0 Å². The fourth-order valence-electron chi connectivity index (χ4n) is 2.90. The van der Waals surface area contributed by atoms with Crippen LogP contribution in [-0.4, -0.2) is 52.3 Å². The van der Waals surface area contributed by atoms with E-state index < -0.39 is 10.8 Å². The van der Waals surface area contributed by atoms with E-state index in [0.717, 1.165) is 31.8 Å². The monoisotopic (exact) mass is 274 g/mol. The third-order valence-electron chi connectivity index (χ3n) is 4.44. The zero-order valence-electron chi connectivity index (χ0n) is 12.5. The normalized spacial score (nSPS) is 26.1. The lowest BCUT2D eigenvalue weighted by molar-refractivity contribution is 0.0709. The standard InChI is InChI=1S/C14H30N2OS/c1-5-13-11-15-14(6-2,7-3)12-16(13)9-8-10-18(4)17/h13,15H,5-12H2,1-4H3. The second-order valence-corrected chi connectivity index (χ2v) is 7.09. The first-order valence-corrected chi connectivity index (χ1v) is 9.08. The highest BCUT2D eigenvalue weighted by molar-refractivity contribution is 7.84. The quantitative estimate of drug-likeness (QED) is 0.771. The average molecular weight is 274 g/mol. The first-order chi connectivity index (χ1) is 8.56. The van der Waals surface area contributed by atoms with Gasteiger partial charge in [0.1, 0.15) is 0 Å². The topological polar surface area (TPSA) is 32.3 Å². The van der Waals surface area contributed by atoms with Crippen LogP contribution in [0, 0.1) is 0 Å². The van der Waals surface area contributed by atoms with Crippen molar-refractivity contribution >= 4 is 10.8 Å². The number of piperazine rings is 1. The summed E-state index contributed by atoms with van der Waals surface area (Å²) in [6.45, 7) is 10.2. The molecule has 0 amide bonds. The average Bonchev–Trinajstić information content (AvgIpc) is 2.38. The maximum absolute atomic E-state index is 11.2. The molecule has 0 saturated carbocycles. The fourth-order valence-corrected chi connectivity index (χ4v) is 3.43. The minimum absolute atomic E-state index is 0.303. The summed E-state index contributed by atoms with van der Waals surface area (Å²) in [5, 5.41) is 3.76. The summed E-state index contributed by atoms with van der Waals surface area (Å²) in [4.78, 5) is 2.62. The Kier molecular flexibility index (Phi) is 6.82. The molecule has 2 unspecified atom stereocenters. The Bertz CT molecular complexity index is 267. The third kappa shape index (κ3) is 4.32. The zero-order valence-corrected chi connectivity index (χ0v) is 13.3. The summed E-state index contributed by atoms with van der Waals surface area (Å²) >= 11 is 0. The summed E-state index contributed by atoms with van der Waals surface area (Å²) in [7, 11) is -0.648. The Hall–Kier alpha value is 0.0700. The van der Waals surface area contributed by atoms with Crippen LogP contribution in [0.4, 0.5) is 0 Å². The lowest BCUT2D eigenvalue weighted by Crippen LogP contribution is -2.63. The molecule has 0 spiro atoms. The Morgan fingerprint density at radius 1 is 1.33 bits per heavy atom. The van der Waals surface area contributed by atoms with E-state index in [9.17, 15) is 4.21 Å². The maximum Gasteiger partial charge on any atom is 0.0304 e. The summed E-state index contributed by atoms with van der Waals surface area (Å²) < 4.78 is 11.2. The molecule has 0 aromatic rings. The van der Waals surface area contributed by atoms with E-state index in [1.807, 2.05) is 0 Å². The maximum atomic E-state index is 11.2. The minimum atomic E-state index is -0.648. The van der Waals surface area contributed by atoms with Crippen molar-refractivity contribution in [1.29, 1.82) is 0 Å². The molecule has 108 valence electrons. The highest BCUT2D eigenvalue weighted by Gasteiger charge is 2.35. The third-order valence-corrected chi connectivity index (χ3v) is 5.30. The highest BCUT2D eigenvalue weighted by Crippen LogP contribution is 2.23. The molecular weight excluding hydrogens is 244 g/mol. The van der Waals surface area contributed by atoms with Gasteiger partial charge in [0.05, 0.1) is 0 Å². The van der Waals surface area contributed by atoms with Gasteiger partial charge in [-0.05, 0) is 32.2 Å². The van der Waals surface area contributed by atoms with Crippen molar-refractivity contribution in [3.8, 4) is 0 Å². The second-order valence-electron chi connectivity index (χ2n) is 5.53. The van der Waals surface area contributed by atoms with Gasteiger partial charge in [0.2, 0.25) is 0 Å². The number of nitrogens with zero attached hydrogens (tertiary/aromatic N) is 1. The van der Waals surface area contributed by atoms with Crippen LogP contribution in [0.1, 0.15) is 46.5 Å². The molecule has 4 heteroatoms. The number of hydrogen-bond acceptors (Lipinski definition) is 3. The molecule has 0 bridgehead atoms. The Morgan fingerprint density at radius 3 is 2.50 bits per heavy atom. The first kappa shape index (κ1) is 16.1. The van der Waals surface area contributed by atoms with Crippen LogP contribution >= 0.6 is 0 Å². The fraction of sp³-hybridized carbons (Fsp3) is 1.00. The molecule has 1 N–H and O–H groups in total. The van der Waals surface area contributed by atoms with Crippen LogP contribution < -0.4 is 5.32 Å². The van der Waals surface area contributed by atoms with E-state index in [2.05, 4.69) is 31.0 Å². The van der Waals surface area contributed by atoms with Crippen LogP contribution in [0.15, 0.2) is 0 Å². The molecule has 1 fully saturated rings. The van der Waals surface area contributed by atoms with Crippen LogP contribution in [0.3, 0.4) is 0 Å². The Morgan fingerprint density at radius 2 is 2.00 bits per heavy atom. The van der Waals surface area contributed by atoms with E-state index in [-0.39, 0.29) is 0 Å². The van der Waals surface area contributed by atoms with Crippen molar-refractivity contribution in [3.63, 3.8) is 0 Å². The second kappa shape index (κ2) is 7.61. The van der Waals surface area contributed by atoms with E-state index >= 15 is 0 Å². The molecule has 3 nitrogen and oxygen atoms in total. The molecule has 1 aliphatic rings. The minimum Gasteiger partial charge on any atom is -0.308 e. The van der Waals surface area contributed by atoms with Gasteiger partial charge in [-0.1, -0.05) is 20.8 Å². The van der Waals surface area contributed by atoms with E-state index in [1.165, 1.54) is 19.3 Å². The molecule has 1 aliphatic heterocycles. The molecule has 1 rings (SSSR count). The van der Waals surface area contributed by atoms with E-state index in [4.69, 9.17) is 0 Å². The molecule has 18 heavy (non-hydrogen) atoms. The van der Waals surface area contributed by atoms with Gasteiger partial charge in [0.25, 0.3) is 0 Å². The first-order valence-electron chi connectivity index (χ1n) is 7.36. The lowest BCUT2D eigenvalue weighted by atomic mass is 9.88. The number of hydrogen-bond donors (Lipinski definition) is 1. The molecule has 1 heterocycles. The summed E-state index contributed by atoms with van der Waals surface area (Å²) in [6, 6.07) is 0.654. The summed E-state index contributed by atoms with van der Waals surface area (Å²) in [6.07, 6.45) is 6.44. The Balaban J connectivity index is 2.55. The number of nitrogens with one attached hydrogen (secondary N) is 1. The van der Waals surface area contributed by atoms with Crippen molar-refractivity contribution in [2.24, 2.45) is 0 Å². The smallest absolute Gasteiger partial charge is 0.0304 e.